The number of aliphatic hydroxyl groups excluding tert-OH is 1. The molecule has 0 aromatic carbocycles. The van der Waals surface area contributed by atoms with Gasteiger partial charge < -0.3 is 10.8 Å². The molecule has 2 nitrogen and oxygen atoms in total. The van der Waals surface area contributed by atoms with Crippen LogP contribution < -0.4 is 5.73 Å². The van der Waals surface area contributed by atoms with Crippen molar-refractivity contribution in [3.8, 4) is 0 Å². The van der Waals surface area contributed by atoms with Crippen molar-refractivity contribution in [2.75, 3.05) is 13.2 Å². The molecule has 0 amide bonds. The second-order valence-corrected chi connectivity index (χ2v) is 0.577. The predicted octanol–water partition coefficient (Wildman–Crippen LogP) is -1.14. The largest absolute Gasteiger partial charge is 0.391 e. The second-order valence-electron chi connectivity index (χ2n) is 0.577. The first kappa shape index (κ1) is 8.87. The van der Waals surface area contributed by atoms with E-state index in [9.17, 15) is 0 Å². The van der Waals surface area contributed by atoms with E-state index in [-0.39, 0.29) is 14.0 Å². The normalized spacial score (nSPS) is 6.00. The third-order valence-electron chi connectivity index (χ3n) is 0.158. The van der Waals surface area contributed by atoms with Crippen molar-refractivity contribution in [2.45, 2.75) is 7.43 Å². The first-order valence-corrected chi connectivity index (χ1v) is 1.32. The van der Waals surface area contributed by atoms with Gasteiger partial charge in [0.2, 0.25) is 0 Å². The molecule has 0 aliphatic heterocycles. The van der Waals surface area contributed by atoms with Crippen molar-refractivity contribution in [1.82, 2.24) is 0 Å². The predicted molar refractivity (Wildman–Crippen MR) is 21.6 cm³/mol. The van der Waals surface area contributed by atoms with Crippen molar-refractivity contribution in [2.24, 2.45) is 0 Å². The quantitative estimate of drug-likeness (QED) is 0.409. The van der Waals surface area contributed by atoms with Gasteiger partial charge in [0.15, 0.2) is 0 Å². The van der Waals surface area contributed by atoms with Crippen LogP contribution in [0.3, 0.4) is 0 Å². The summed E-state index contributed by atoms with van der Waals surface area (Å²) in [6.45, 7) is 0.833. The van der Waals surface area contributed by atoms with E-state index in [1.54, 1.807) is 0 Å². The summed E-state index contributed by atoms with van der Waals surface area (Å²) < 4.78 is 0. The smallest absolute Gasteiger partial charge is 0.0974 e. The summed E-state index contributed by atoms with van der Waals surface area (Å²) in [7, 11) is 0. The molecule has 0 aromatic rings. The van der Waals surface area contributed by atoms with Crippen molar-refractivity contribution >= 4 is 0 Å². The van der Waals surface area contributed by atoms with Gasteiger partial charge in [0.1, 0.15) is 0 Å². The molecule has 0 saturated carbocycles. The van der Waals surface area contributed by atoms with Crippen LogP contribution >= 0.6 is 0 Å². The summed E-state index contributed by atoms with van der Waals surface area (Å²) >= 11 is 0. The molecule has 0 aliphatic carbocycles. The van der Waals surface area contributed by atoms with Crippen molar-refractivity contribution < 1.29 is 10.8 Å². The highest BCUT2D eigenvalue weighted by Crippen LogP contribution is 1.28. The molecule has 0 fully saturated rings. The van der Waals surface area contributed by atoms with Gasteiger partial charge in [-0.25, -0.2) is 0 Å². The first-order valence-electron chi connectivity index (χ1n) is 1.32. The number of hydrogen-bond donors (Lipinski definition) is 2. The molecule has 5 heavy (non-hydrogen) atoms. The van der Waals surface area contributed by atoms with E-state index in [4.69, 9.17) is 5.11 Å². The van der Waals surface area contributed by atoms with E-state index in [2.05, 4.69) is 5.73 Å². The van der Waals surface area contributed by atoms with Crippen LogP contribution in [0.4, 0.5) is 0 Å². The van der Waals surface area contributed by atoms with Crippen LogP contribution in [-0.4, -0.2) is 18.3 Å². The molecule has 2 heteroatoms. The van der Waals surface area contributed by atoms with E-state index in [1.807, 2.05) is 0 Å². The minimum atomic E-state index is 0. The molecule has 0 bridgehead atoms. The van der Waals surface area contributed by atoms with Crippen LogP contribution in [0.2, 0.25) is 0 Å². The highest BCUT2D eigenvalue weighted by atomic mass is 16.3. The fourth-order valence-electron chi connectivity index (χ4n) is 0. The van der Waals surface area contributed by atoms with Gasteiger partial charge in [0.05, 0.1) is 13.2 Å². The summed E-state index contributed by atoms with van der Waals surface area (Å²) in [6, 6.07) is 0. The SMILES string of the molecule is C.[NH3+]CCO. The molecule has 0 atom stereocenters. The van der Waals surface area contributed by atoms with Crippen LogP contribution in [0.5, 0.6) is 0 Å². The Morgan fingerprint density at radius 3 is 1.80 bits per heavy atom. The lowest BCUT2D eigenvalue weighted by atomic mass is 10.8. The highest BCUT2D eigenvalue weighted by molar-refractivity contribution is 4.03. The van der Waals surface area contributed by atoms with Gasteiger partial charge in [-0.05, 0) is 0 Å². The summed E-state index contributed by atoms with van der Waals surface area (Å²) in [5.74, 6) is 0. The zero-order valence-corrected chi connectivity index (χ0v) is 2.57. The first-order chi connectivity index (χ1) is 1.91. The molecule has 0 radical (unpaired) electrons. The minimum Gasteiger partial charge on any atom is -0.391 e. The minimum absolute atomic E-state index is 0. The molecule has 34 valence electrons. The standard InChI is InChI=1S/C2H7NO.CH4/c3-1-2-4;/h4H,1-3H2;1H4/p+1. The molecule has 0 rings (SSSR count). The Balaban J connectivity index is 0. The number of quaternary nitrogens is 1. The van der Waals surface area contributed by atoms with Gasteiger partial charge in [-0.1, -0.05) is 7.43 Å². The number of hydrogen-bond acceptors (Lipinski definition) is 1. The maximum absolute atomic E-state index is 7.81. The Kier molecular flexibility index (Phi) is 16.1. The Bertz CT molecular complexity index is 8.85. The highest BCUT2D eigenvalue weighted by Gasteiger charge is 1.60. The van der Waals surface area contributed by atoms with Gasteiger partial charge in [-0.2, -0.15) is 0 Å². The maximum Gasteiger partial charge on any atom is 0.0974 e. The molecule has 0 spiro atoms. The lowest BCUT2D eigenvalue weighted by molar-refractivity contribution is -0.372. The molecule has 0 saturated heterocycles. The van der Waals surface area contributed by atoms with Crippen LogP contribution in [0.25, 0.3) is 0 Å². The molecule has 0 heterocycles. The lowest BCUT2D eigenvalue weighted by Gasteiger charge is -1.67. The Morgan fingerprint density at radius 1 is 1.60 bits per heavy atom. The van der Waals surface area contributed by atoms with Gasteiger partial charge in [0.25, 0.3) is 0 Å². The third kappa shape index (κ3) is 17.1. The number of rotatable bonds is 1. The average molecular weight is 78.1 g/mol. The average Bonchev–Trinajstić information content (AvgIpc) is 1.37. The Morgan fingerprint density at radius 2 is 1.80 bits per heavy atom. The molecule has 0 aliphatic rings. The van der Waals surface area contributed by atoms with E-state index in [0.717, 1.165) is 0 Å². The molecular weight excluding hydrogens is 66.0 g/mol. The molecule has 4 N–H and O–H groups in total. The summed E-state index contributed by atoms with van der Waals surface area (Å²) in [5, 5.41) is 7.81. The van der Waals surface area contributed by atoms with Gasteiger partial charge in [-0.3, -0.25) is 0 Å². The van der Waals surface area contributed by atoms with Crippen LogP contribution in [0.1, 0.15) is 7.43 Å². The Labute approximate surface area is 32.6 Å². The zero-order chi connectivity index (χ0) is 3.41. The van der Waals surface area contributed by atoms with Gasteiger partial charge >= 0.3 is 0 Å². The second kappa shape index (κ2) is 9.07. The third-order valence-corrected chi connectivity index (χ3v) is 0.158. The van der Waals surface area contributed by atoms with E-state index in [0.29, 0.717) is 6.54 Å². The molecule has 0 aromatic heterocycles. The summed E-state index contributed by atoms with van der Waals surface area (Å²) in [5.41, 5.74) is 3.35. The maximum atomic E-state index is 7.81. The van der Waals surface area contributed by atoms with Gasteiger partial charge in [0, 0.05) is 0 Å². The van der Waals surface area contributed by atoms with Crippen molar-refractivity contribution in [3.63, 3.8) is 0 Å². The molecule has 0 unspecified atom stereocenters. The summed E-state index contributed by atoms with van der Waals surface area (Å²) in [4.78, 5) is 0. The molecular formula is C3H12NO+. The van der Waals surface area contributed by atoms with Gasteiger partial charge in [-0.15, -0.1) is 0 Å². The van der Waals surface area contributed by atoms with E-state index in [1.165, 1.54) is 0 Å². The fraction of sp³-hybridized carbons (Fsp3) is 1.00. The monoisotopic (exact) mass is 78.1 g/mol. The van der Waals surface area contributed by atoms with E-state index >= 15 is 0 Å². The van der Waals surface area contributed by atoms with Crippen molar-refractivity contribution in [3.05, 3.63) is 0 Å². The van der Waals surface area contributed by atoms with Crippen molar-refractivity contribution in [1.29, 1.82) is 0 Å². The summed E-state index contributed by atoms with van der Waals surface area (Å²) in [6.07, 6.45) is 0. The fourth-order valence-corrected chi connectivity index (χ4v) is 0. The van der Waals surface area contributed by atoms with Crippen LogP contribution in [0.15, 0.2) is 0 Å². The van der Waals surface area contributed by atoms with Crippen LogP contribution in [0, 0.1) is 0 Å². The number of aliphatic hydroxyl groups is 1. The lowest BCUT2D eigenvalue weighted by Crippen LogP contribution is -2.51. The van der Waals surface area contributed by atoms with E-state index < -0.39 is 0 Å². The zero-order valence-electron chi connectivity index (χ0n) is 2.57. The van der Waals surface area contributed by atoms with Crippen LogP contribution in [-0.2, 0) is 0 Å². The topological polar surface area (TPSA) is 47.9 Å². The Hall–Kier alpha value is -0.0800.